The van der Waals surface area contributed by atoms with Crippen LogP contribution < -0.4 is 18.9 Å². The molecule has 4 heterocycles. The first-order valence-electron chi connectivity index (χ1n) is 18.4. The molecule has 9 rings (SSSR count). The number of phenolic OH excluding ortho intramolecular Hbond substituents is 4. The van der Waals surface area contributed by atoms with Crippen molar-refractivity contribution in [2.45, 2.75) is 50.5 Å². The normalized spacial score (nSPS) is 17.4. The van der Waals surface area contributed by atoms with Gasteiger partial charge in [0.25, 0.3) is 0 Å². The quantitative estimate of drug-likeness (QED) is 0.0765. The first kappa shape index (κ1) is 35.5. The predicted octanol–water partition coefficient (Wildman–Crippen LogP) is 7.20. The summed E-state index contributed by atoms with van der Waals surface area (Å²) in [6, 6.07) is 24.3. The summed E-state index contributed by atoms with van der Waals surface area (Å²) in [5.74, 6) is 0.417. The van der Waals surface area contributed by atoms with Crippen molar-refractivity contribution in [1.82, 2.24) is 15.0 Å². The third-order valence-corrected chi connectivity index (χ3v) is 10.3. The van der Waals surface area contributed by atoms with Crippen molar-refractivity contribution in [3.05, 3.63) is 136 Å². The number of unbranched alkanes of at least 4 members (excludes halogenated alkanes) is 2. The Bertz CT molecular complexity index is 2570. The van der Waals surface area contributed by atoms with E-state index >= 15 is 0 Å². The minimum absolute atomic E-state index is 0.000308. The number of aromatic nitrogens is 3. The van der Waals surface area contributed by atoms with Crippen molar-refractivity contribution < 1.29 is 53.7 Å². The first-order chi connectivity index (χ1) is 27.7. The number of hydrogen-bond donors (Lipinski definition) is 4. The number of hydrogen-bond acceptors (Lipinski definition) is 13. The number of ketones is 1. The minimum atomic E-state index is -1.25. The highest BCUT2D eigenvalue weighted by Crippen LogP contribution is 2.57. The van der Waals surface area contributed by atoms with Gasteiger partial charge in [-0.15, -0.1) is 5.10 Å². The number of nitrogens with zero attached hydrogens (tertiary/aromatic N) is 3. The van der Waals surface area contributed by atoms with Gasteiger partial charge in [0.1, 0.15) is 75.7 Å². The number of aryl methyl sites for hydroxylation is 1. The number of carbonyl (C=O) groups is 2. The van der Waals surface area contributed by atoms with Crippen molar-refractivity contribution in [3.63, 3.8) is 0 Å². The molecule has 1 spiro atoms. The Morgan fingerprint density at radius 3 is 2.42 bits per heavy atom. The molecule has 0 amide bonds. The number of carbonyl (C=O) groups excluding carboxylic acids is 2. The van der Waals surface area contributed by atoms with Gasteiger partial charge in [-0.25, -0.2) is 4.79 Å². The fourth-order valence-electron chi connectivity index (χ4n) is 7.65. The summed E-state index contributed by atoms with van der Waals surface area (Å²) in [6.07, 6.45) is 3.33. The molecule has 6 aromatic rings. The molecule has 5 aromatic carbocycles. The van der Waals surface area contributed by atoms with Gasteiger partial charge < -0.3 is 44.1 Å². The molecular weight excluding hydrogens is 734 g/mol. The number of fused-ring (bicyclic) bond motifs is 7. The molecule has 0 saturated heterocycles. The van der Waals surface area contributed by atoms with Gasteiger partial charge in [0.15, 0.2) is 11.4 Å². The van der Waals surface area contributed by atoms with Crippen LogP contribution in [0.3, 0.4) is 0 Å². The molecule has 14 nitrogen and oxygen atoms in total. The van der Waals surface area contributed by atoms with E-state index in [2.05, 4.69) is 10.3 Å². The number of aromatic hydroxyl groups is 4. The van der Waals surface area contributed by atoms with Crippen LogP contribution in [0, 0.1) is 0 Å². The van der Waals surface area contributed by atoms with Crippen molar-refractivity contribution in [2.24, 2.45) is 0 Å². The maximum Gasteiger partial charge on any atom is 0.340 e. The summed E-state index contributed by atoms with van der Waals surface area (Å²) in [5.41, 5.74) is 2.36. The van der Waals surface area contributed by atoms with Gasteiger partial charge in [-0.3, -0.25) is 9.48 Å². The third-order valence-electron chi connectivity index (χ3n) is 10.3. The lowest BCUT2D eigenvalue weighted by Crippen LogP contribution is -2.32. The Labute approximate surface area is 325 Å². The zero-order chi connectivity index (χ0) is 39.3. The molecule has 0 saturated carbocycles. The zero-order valence-corrected chi connectivity index (χ0v) is 30.3. The summed E-state index contributed by atoms with van der Waals surface area (Å²) in [4.78, 5) is 25.9. The molecule has 288 valence electrons. The Kier molecular flexibility index (Phi) is 8.79. The molecule has 0 bridgehead atoms. The largest absolute Gasteiger partial charge is 0.508 e. The fraction of sp³-hybridized carbons (Fsp3) is 0.209. The van der Waals surface area contributed by atoms with Gasteiger partial charge in [0, 0.05) is 59.1 Å². The zero-order valence-electron chi connectivity index (χ0n) is 30.3. The van der Waals surface area contributed by atoms with Crippen molar-refractivity contribution >= 4 is 11.8 Å². The summed E-state index contributed by atoms with van der Waals surface area (Å²) in [7, 11) is 0. The lowest BCUT2D eigenvalue weighted by Gasteiger charge is -2.36. The van der Waals surface area contributed by atoms with Gasteiger partial charge in [0.05, 0.1) is 24.8 Å². The van der Waals surface area contributed by atoms with Gasteiger partial charge in [-0.05, 0) is 61.7 Å². The number of benzene rings is 5. The summed E-state index contributed by atoms with van der Waals surface area (Å²) in [5, 5.41) is 48.9. The standard InChI is InChI=1S/C43H35N3O11/c47-25-8-11-30(37-21-35(51)41-34(50)16-27(49)19-40(41)55-37)36(17-25)53-15-5-1-4-14-46-22-24(44-45-46)23-54-28-10-13-33-39(20-28)56-38-18-26(48)9-12-32(38)43(33)31-7-3-2-6-29(31)42(52)57-43/h2-3,6-13,16-20,22,37,47-50H,1,4-5,14-15,21,23H2. The van der Waals surface area contributed by atoms with E-state index < -0.39 is 17.7 Å². The van der Waals surface area contributed by atoms with Gasteiger partial charge in [-0.1, -0.05) is 23.4 Å². The van der Waals surface area contributed by atoms with Crippen molar-refractivity contribution in [2.75, 3.05) is 6.61 Å². The van der Waals surface area contributed by atoms with Crippen LogP contribution in [-0.2, 0) is 23.5 Å². The van der Waals surface area contributed by atoms with Gasteiger partial charge >= 0.3 is 5.97 Å². The van der Waals surface area contributed by atoms with E-state index in [-0.39, 0.29) is 53.1 Å². The van der Waals surface area contributed by atoms with Crippen molar-refractivity contribution in [1.29, 1.82) is 0 Å². The Balaban J connectivity index is 0.793. The Morgan fingerprint density at radius 2 is 1.54 bits per heavy atom. The van der Waals surface area contributed by atoms with Crippen LogP contribution in [0.1, 0.15) is 80.5 Å². The van der Waals surface area contributed by atoms with Crippen molar-refractivity contribution in [3.8, 4) is 51.7 Å². The second-order valence-electron chi connectivity index (χ2n) is 14.0. The predicted molar refractivity (Wildman–Crippen MR) is 200 cm³/mol. The maximum absolute atomic E-state index is 13.1. The molecule has 4 N–H and O–H groups in total. The highest BCUT2D eigenvalue weighted by molar-refractivity contribution is 6.02. The van der Waals surface area contributed by atoms with E-state index in [1.165, 1.54) is 24.3 Å². The Morgan fingerprint density at radius 1 is 0.772 bits per heavy atom. The molecular formula is C43H35N3O11. The van der Waals surface area contributed by atoms with Crippen LogP contribution in [0.5, 0.6) is 51.7 Å². The highest BCUT2D eigenvalue weighted by atomic mass is 16.6. The smallest absolute Gasteiger partial charge is 0.340 e. The first-order valence-corrected chi connectivity index (χ1v) is 18.4. The summed E-state index contributed by atoms with van der Waals surface area (Å²) >= 11 is 0. The van der Waals surface area contributed by atoms with Crippen LogP contribution >= 0.6 is 0 Å². The van der Waals surface area contributed by atoms with E-state index in [1.54, 1.807) is 47.1 Å². The number of esters is 1. The molecule has 0 fully saturated rings. The lowest BCUT2D eigenvalue weighted by molar-refractivity contribution is 0.0224. The van der Waals surface area contributed by atoms with Gasteiger partial charge in [0.2, 0.25) is 0 Å². The van der Waals surface area contributed by atoms with Crippen LogP contribution in [0.4, 0.5) is 0 Å². The SMILES string of the molecule is O=C1OC2(c3ccc(O)cc3Oc3cc(OCc4cn(CCCCCOc5cc(O)ccc5C5CC(=O)c6c(O)cc(O)cc6O5)nn4)ccc32)c2ccccc21. The average molecular weight is 770 g/mol. The van der Waals surface area contributed by atoms with Crippen LogP contribution in [-0.4, -0.2) is 53.8 Å². The molecule has 14 heteroatoms. The molecule has 2 atom stereocenters. The number of rotatable bonds is 11. The maximum atomic E-state index is 13.1. The number of ether oxygens (including phenoxy) is 5. The number of phenols is 4. The minimum Gasteiger partial charge on any atom is -0.508 e. The second-order valence-corrected chi connectivity index (χ2v) is 14.0. The van der Waals surface area contributed by atoms with E-state index in [1.807, 2.05) is 24.4 Å². The van der Waals surface area contributed by atoms with E-state index in [0.29, 0.717) is 76.1 Å². The van der Waals surface area contributed by atoms with E-state index in [4.69, 9.17) is 23.7 Å². The summed E-state index contributed by atoms with van der Waals surface area (Å²) in [6.45, 7) is 1.10. The van der Waals surface area contributed by atoms with Gasteiger partial charge in [-0.2, -0.15) is 0 Å². The van der Waals surface area contributed by atoms with E-state index in [0.717, 1.165) is 18.9 Å². The molecule has 2 unspecified atom stereocenters. The average Bonchev–Trinajstić information content (AvgIpc) is 3.76. The molecule has 3 aliphatic heterocycles. The monoisotopic (exact) mass is 769 g/mol. The van der Waals surface area contributed by atoms with Crippen LogP contribution in [0.15, 0.2) is 97.2 Å². The lowest BCUT2D eigenvalue weighted by atomic mass is 9.77. The second kappa shape index (κ2) is 14.1. The topological polar surface area (TPSA) is 192 Å². The Hall–Kier alpha value is -7.22. The molecule has 57 heavy (non-hydrogen) atoms. The molecule has 1 aromatic heterocycles. The third kappa shape index (κ3) is 6.44. The molecule has 0 aliphatic carbocycles. The summed E-state index contributed by atoms with van der Waals surface area (Å²) < 4.78 is 32.2. The number of Topliss-reactive ketones (excluding diaryl/α,β-unsaturated/α-hetero) is 1. The van der Waals surface area contributed by atoms with Crippen LogP contribution in [0.25, 0.3) is 0 Å². The highest BCUT2D eigenvalue weighted by Gasteiger charge is 2.53. The molecule has 3 aliphatic rings. The van der Waals surface area contributed by atoms with E-state index in [9.17, 15) is 30.0 Å². The fourth-order valence-corrected chi connectivity index (χ4v) is 7.65. The molecule has 0 radical (unpaired) electrons. The van der Waals surface area contributed by atoms with Crippen LogP contribution in [0.2, 0.25) is 0 Å².